The molecule has 0 aliphatic carbocycles. The summed E-state index contributed by atoms with van der Waals surface area (Å²) in [7, 11) is 2.11. The maximum absolute atomic E-state index is 12.9. The number of carbonyl (C=O) groups excluding carboxylic acids is 1. The molecular weight excluding hydrogens is 354 g/mol. The van der Waals surface area contributed by atoms with E-state index in [4.69, 9.17) is 4.52 Å². The second-order valence-electron chi connectivity index (χ2n) is 8.06. The van der Waals surface area contributed by atoms with Crippen molar-refractivity contribution in [3.05, 3.63) is 35.7 Å². The highest BCUT2D eigenvalue weighted by atomic mass is 16.5. The lowest BCUT2D eigenvalue weighted by Crippen LogP contribution is -2.53. The third-order valence-corrected chi connectivity index (χ3v) is 5.88. The van der Waals surface area contributed by atoms with Gasteiger partial charge in [-0.25, -0.2) is 4.79 Å². The van der Waals surface area contributed by atoms with Gasteiger partial charge in [0.25, 0.3) is 0 Å². The number of hydrogen-bond donors (Lipinski definition) is 0. The van der Waals surface area contributed by atoms with Crippen LogP contribution in [0.1, 0.15) is 24.3 Å². The molecule has 28 heavy (non-hydrogen) atoms. The highest BCUT2D eigenvalue weighted by Gasteiger charge is 2.29. The number of piperazine rings is 1. The number of nitrogens with zero attached hydrogens (tertiary/aromatic N) is 5. The maximum atomic E-state index is 12.9. The summed E-state index contributed by atoms with van der Waals surface area (Å²) in [6, 6.07) is 8.24. The van der Waals surface area contributed by atoms with E-state index in [1.165, 1.54) is 0 Å². The fraction of sp³-hybridized carbons (Fsp3) is 0.571. The zero-order chi connectivity index (χ0) is 19.5. The lowest BCUT2D eigenvalue weighted by molar-refractivity contribution is 0.104. The number of benzene rings is 1. The van der Waals surface area contributed by atoms with E-state index < -0.39 is 0 Å². The molecule has 2 aliphatic heterocycles. The van der Waals surface area contributed by atoms with E-state index in [0.717, 1.165) is 69.7 Å². The van der Waals surface area contributed by atoms with Crippen LogP contribution in [0.5, 0.6) is 0 Å². The number of likely N-dealkylation sites (tertiary alicyclic amines) is 1. The molecule has 1 atom stereocenters. The first-order valence-electron chi connectivity index (χ1n) is 10.2. The Labute approximate surface area is 166 Å². The van der Waals surface area contributed by atoms with Crippen LogP contribution in [0.4, 0.5) is 4.79 Å². The van der Waals surface area contributed by atoms with Gasteiger partial charge in [-0.15, -0.1) is 0 Å². The van der Waals surface area contributed by atoms with Crippen LogP contribution in [-0.4, -0.2) is 77.2 Å². The Balaban J connectivity index is 1.37. The Hall–Kier alpha value is -2.41. The van der Waals surface area contributed by atoms with Crippen molar-refractivity contribution in [3.8, 4) is 11.4 Å². The average Bonchev–Trinajstić information content (AvgIpc) is 3.17. The summed E-state index contributed by atoms with van der Waals surface area (Å²) in [6.07, 6.45) is 2.85. The molecule has 2 fully saturated rings. The number of urea groups is 1. The largest absolute Gasteiger partial charge is 0.339 e. The predicted octanol–water partition coefficient (Wildman–Crippen LogP) is 2.67. The average molecular weight is 383 g/mol. The Morgan fingerprint density at radius 1 is 1.14 bits per heavy atom. The van der Waals surface area contributed by atoms with Gasteiger partial charge in [0.05, 0.1) is 0 Å². The molecule has 0 radical (unpaired) electrons. The van der Waals surface area contributed by atoms with E-state index in [0.29, 0.717) is 17.6 Å². The van der Waals surface area contributed by atoms with E-state index >= 15 is 0 Å². The van der Waals surface area contributed by atoms with E-state index in [2.05, 4.69) is 22.1 Å². The Kier molecular flexibility index (Phi) is 5.62. The summed E-state index contributed by atoms with van der Waals surface area (Å²) in [5.74, 6) is 1.68. The molecular formula is C21H29N5O2. The molecule has 1 aromatic heterocycles. The number of hydrogen-bond acceptors (Lipinski definition) is 5. The molecule has 3 heterocycles. The van der Waals surface area contributed by atoms with E-state index in [1.807, 2.05) is 41.0 Å². The van der Waals surface area contributed by atoms with Crippen molar-refractivity contribution >= 4 is 6.03 Å². The lowest BCUT2D eigenvalue weighted by Gasteiger charge is -2.39. The molecule has 1 aromatic carbocycles. The Morgan fingerprint density at radius 3 is 2.71 bits per heavy atom. The molecule has 0 spiro atoms. The highest BCUT2D eigenvalue weighted by molar-refractivity contribution is 5.74. The van der Waals surface area contributed by atoms with Crippen LogP contribution in [-0.2, 0) is 6.42 Å². The van der Waals surface area contributed by atoms with E-state index in [9.17, 15) is 4.79 Å². The fourth-order valence-corrected chi connectivity index (χ4v) is 4.12. The third kappa shape index (κ3) is 4.19. The SMILES string of the molecule is Cc1ccccc1-c1noc(CC2CCCN(C(=O)N3CCN(C)CC3)C2)n1. The summed E-state index contributed by atoms with van der Waals surface area (Å²) in [5, 5.41) is 4.17. The number of carbonyl (C=O) groups is 1. The first-order chi connectivity index (χ1) is 13.6. The summed E-state index contributed by atoms with van der Waals surface area (Å²) in [5.41, 5.74) is 2.14. The highest BCUT2D eigenvalue weighted by Crippen LogP contribution is 2.24. The Bertz CT molecular complexity index is 813. The fourth-order valence-electron chi connectivity index (χ4n) is 4.12. The number of piperidine rings is 1. The van der Waals surface area contributed by atoms with Gasteiger partial charge in [-0.05, 0) is 38.3 Å². The van der Waals surface area contributed by atoms with Crippen molar-refractivity contribution in [2.75, 3.05) is 46.3 Å². The first-order valence-corrected chi connectivity index (χ1v) is 10.2. The molecule has 4 rings (SSSR count). The second kappa shape index (κ2) is 8.31. The summed E-state index contributed by atoms with van der Waals surface area (Å²) in [6.45, 7) is 7.21. The molecule has 2 amide bonds. The summed E-state index contributed by atoms with van der Waals surface area (Å²) >= 11 is 0. The molecule has 0 saturated carbocycles. The van der Waals surface area contributed by atoms with Crippen LogP contribution < -0.4 is 0 Å². The predicted molar refractivity (Wildman–Crippen MR) is 107 cm³/mol. The minimum atomic E-state index is 0.184. The number of aryl methyl sites for hydroxylation is 1. The van der Waals surface area contributed by atoms with Crippen molar-refractivity contribution in [1.82, 2.24) is 24.8 Å². The van der Waals surface area contributed by atoms with E-state index in [1.54, 1.807) is 0 Å². The van der Waals surface area contributed by atoms with Gasteiger partial charge in [0.2, 0.25) is 11.7 Å². The second-order valence-corrected chi connectivity index (χ2v) is 8.06. The minimum absolute atomic E-state index is 0.184. The van der Waals surface area contributed by atoms with Gasteiger partial charge in [0.1, 0.15) is 0 Å². The number of amides is 2. The van der Waals surface area contributed by atoms with Crippen LogP contribution in [0.15, 0.2) is 28.8 Å². The molecule has 0 bridgehead atoms. The van der Waals surface area contributed by atoms with Crippen molar-refractivity contribution < 1.29 is 9.32 Å². The smallest absolute Gasteiger partial charge is 0.320 e. The monoisotopic (exact) mass is 383 g/mol. The zero-order valence-electron chi connectivity index (χ0n) is 16.8. The quantitative estimate of drug-likeness (QED) is 0.815. The van der Waals surface area contributed by atoms with Crippen molar-refractivity contribution in [1.29, 1.82) is 0 Å². The van der Waals surface area contributed by atoms with Crippen LogP contribution in [0.25, 0.3) is 11.4 Å². The molecule has 7 nitrogen and oxygen atoms in total. The standard InChI is InChI=1S/C21H29N5O2/c1-16-6-3-4-8-18(16)20-22-19(28-23-20)14-17-7-5-9-26(15-17)21(27)25-12-10-24(2)11-13-25/h3-4,6,8,17H,5,7,9-15H2,1-2H3. The van der Waals surface area contributed by atoms with Gasteiger partial charge >= 0.3 is 6.03 Å². The van der Waals surface area contributed by atoms with Gasteiger partial charge in [0.15, 0.2) is 0 Å². The number of rotatable bonds is 3. The zero-order valence-corrected chi connectivity index (χ0v) is 16.8. The molecule has 2 saturated heterocycles. The number of aromatic nitrogens is 2. The molecule has 1 unspecified atom stereocenters. The summed E-state index contributed by atoms with van der Waals surface area (Å²) in [4.78, 5) is 23.7. The molecule has 0 N–H and O–H groups in total. The molecule has 2 aliphatic rings. The van der Waals surface area contributed by atoms with Crippen molar-refractivity contribution in [2.45, 2.75) is 26.2 Å². The van der Waals surface area contributed by atoms with Crippen molar-refractivity contribution in [2.24, 2.45) is 5.92 Å². The minimum Gasteiger partial charge on any atom is -0.339 e. The van der Waals surface area contributed by atoms with Gasteiger partial charge < -0.3 is 19.2 Å². The van der Waals surface area contributed by atoms with Gasteiger partial charge in [0, 0.05) is 51.3 Å². The van der Waals surface area contributed by atoms with Gasteiger partial charge in [-0.2, -0.15) is 4.98 Å². The van der Waals surface area contributed by atoms with Gasteiger partial charge in [-0.3, -0.25) is 0 Å². The Morgan fingerprint density at radius 2 is 1.93 bits per heavy atom. The lowest BCUT2D eigenvalue weighted by atomic mass is 9.95. The third-order valence-electron chi connectivity index (χ3n) is 5.88. The molecule has 150 valence electrons. The summed E-state index contributed by atoms with van der Waals surface area (Å²) < 4.78 is 5.52. The normalized spacial score (nSPS) is 21.1. The van der Waals surface area contributed by atoms with Gasteiger partial charge in [-0.1, -0.05) is 29.4 Å². The first kappa shape index (κ1) is 18.9. The maximum Gasteiger partial charge on any atom is 0.320 e. The molecule has 7 heteroatoms. The number of likely N-dealkylation sites (N-methyl/N-ethyl adjacent to an activating group) is 1. The molecule has 2 aromatic rings. The van der Waals surface area contributed by atoms with Crippen molar-refractivity contribution in [3.63, 3.8) is 0 Å². The van der Waals surface area contributed by atoms with E-state index in [-0.39, 0.29) is 6.03 Å². The van der Waals surface area contributed by atoms with Crippen LogP contribution in [0, 0.1) is 12.8 Å². The van der Waals surface area contributed by atoms with Crippen LogP contribution in [0.3, 0.4) is 0 Å². The van der Waals surface area contributed by atoms with Crippen LogP contribution >= 0.6 is 0 Å². The van der Waals surface area contributed by atoms with Crippen LogP contribution in [0.2, 0.25) is 0 Å². The topological polar surface area (TPSA) is 65.7 Å².